The third-order valence-electron chi connectivity index (χ3n) is 3.02. The van der Waals surface area contributed by atoms with Gasteiger partial charge in [-0.1, -0.05) is 31.2 Å². The highest BCUT2D eigenvalue weighted by Crippen LogP contribution is 2.41. The molecule has 0 spiro atoms. The maximum atomic E-state index is 11.6. The summed E-state index contributed by atoms with van der Waals surface area (Å²) in [6.07, 6.45) is 0.325. The minimum Gasteiger partial charge on any atom is -0.490 e. The van der Waals surface area contributed by atoms with Gasteiger partial charge in [0.2, 0.25) is 0 Å². The van der Waals surface area contributed by atoms with E-state index in [0.717, 1.165) is 10.8 Å². The number of rotatable bonds is 6. The Hall–Kier alpha value is -2.23. The predicted molar refractivity (Wildman–Crippen MR) is 82.2 cm³/mol. The van der Waals surface area contributed by atoms with Crippen LogP contribution in [0.4, 0.5) is 0 Å². The van der Waals surface area contributed by atoms with Gasteiger partial charge in [0.25, 0.3) is 0 Å². The van der Waals surface area contributed by atoms with Crippen molar-refractivity contribution in [2.45, 2.75) is 27.2 Å². The Bertz CT molecular complexity index is 634. The molecule has 0 atom stereocenters. The molecule has 0 aliphatic heterocycles. The molecule has 0 fully saturated rings. The van der Waals surface area contributed by atoms with Gasteiger partial charge in [-0.25, -0.2) is 0 Å². The Morgan fingerprint density at radius 3 is 2.24 bits per heavy atom. The van der Waals surface area contributed by atoms with Crippen molar-refractivity contribution in [3.8, 4) is 17.2 Å². The number of carbonyl (C=O) groups is 1. The molecule has 0 unspecified atom stereocenters. The van der Waals surface area contributed by atoms with Crippen LogP contribution < -0.4 is 14.2 Å². The normalized spacial score (nSPS) is 10.4. The lowest BCUT2D eigenvalue weighted by atomic mass is 10.1. The smallest absolute Gasteiger partial charge is 0.310 e. The summed E-state index contributed by atoms with van der Waals surface area (Å²) in [7, 11) is 0. The average Bonchev–Trinajstić information content (AvgIpc) is 2.51. The highest BCUT2D eigenvalue weighted by molar-refractivity contribution is 5.97. The number of hydrogen-bond donors (Lipinski definition) is 0. The van der Waals surface area contributed by atoms with Crippen molar-refractivity contribution in [1.29, 1.82) is 0 Å². The number of esters is 1. The van der Waals surface area contributed by atoms with Crippen LogP contribution in [-0.2, 0) is 4.79 Å². The van der Waals surface area contributed by atoms with Crippen LogP contribution in [0.5, 0.6) is 17.2 Å². The number of hydrogen-bond acceptors (Lipinski definition) is 4. The zero-order valence-electron chi connectivity index (χ0n) is 12.6. The van der Waals surface area contributed by atoms with Crippen molar-refractivity contribution in [3.63, 3.8) is 0 Å². The Kier molecular flexibility index (Phi) is 5.04. The Balaban J connectivity index is 2.63. The molecular formula is C17H20O4. The molecule has 0 N–H and O–H groups in total. The molecule has 0 saturated carbocycles. The molecule has 0 aliphatic carbocycles. The lowest BCUT2D eigenvalue weighted by Crippen LogP contribution is -2.07. The molecule has 0 aliphatic rings. The van der Waals surface area contributed by atoms with Crippen molar-refractivity contribution >= 4 is 16.7 Å². The van der Waals surface area contributed by atoms with Gasteiger partial charge in [0.05, 0.1) is 13.2 Å². The van der Waals surface area contributed by atoms with Crippen LogP contribution in [0.15, 0.2) is 30.3 Å². The van der Waals surface area contributed by atoms with E-state index < -0.39 is 0 Å². The fourth-order valence-corrected chi connectivity index (χ4v) is 2.13. The van der Waals surface area contributed by atoms with Crippen LogP contribution in [0.3, 0.4) is 0 Å². The van der Waals surface area contributed by atoms with Crippen LogP contribution in [0, 0.1) is 0 Å². The fourth-order valence-electron chi connectivity index (χ4n) is 2.13. The Labute approximate surface area is 124 Å². The highest BCUT2D eigenvalue weighted by atomic mass is 16.5. The summed E-state index contributed by atoms with van der Waals surface area (Å²) in [6.45, 7) is 6.65. The van der Waals surface area contributed by atoms with Gasteiger partial charge in [-0.2, -0.15) is 0 Å². The summed E-state index contributed by atoms with van der Waals surface area (Å²) in [5.41, 5.74) is 0. The molecule has 2 aromatic rings. The number of ether oxygens (including phenoxy) is 3. The van der Waals surface area contributed by atoms with Crippen molar-refractivity contribution in [2.75, 3.05) is 13.2 Å². The first kappa shape index (κ1) is 15.2. The van der Waals surface area contributed by atoms with E-state index in [1.807, 2.05) is 38.1 Å². The van der Waals surface area contributed by atoms with Gasteiger partial charge >= 0.3 is 5.97 Å². The molecule has 0 heterocycles. The summed E-state index contributed by atoms with van der Waals surface area (Å²) in [5.74, 6) is 1.51. The molecule has 21 heavy (non-hydrogen) atoms. The van der Waals surface area contributed by atoms with Crippen molar-refractivity contribution < 1.29 is 19.0 Å². The van der Waals surface area contributed by atoms with Crippen LogP contribution in [0.1, 0.15) is 27.2 Å². The van der Waals surface area contributed by atoms with Crippen LogP contribution in [0.2, 0.25) is 0 Å². The maximum Gasteiger partial charge on any atom is 0.310 e. The summed E-state index contributed by atoms with van der Waals surface area (Å²) in [6, 6.07) is 9.40. The van der Waals surface area contributed by atoms with Gasteiger partial charge < -0.3 is 14.2 Å². The molecule has 0 saturated heterocycles. The molecule has 0 amide bonds. The zero-order chi connectivity index (χ0) is 15.2. The highest BCUT2D eigenvalue weighted by Gasteiger charge is 2.16. The molecular weight excluding hydrogens is 268 g/mol. The third kappa shape index (κ3) is 3.27. The number of benzene rings is 2. The van der Waals surface area contributed by atoms with E-state index in [2.05, 4.69) is 0 Å². The zero-order valence-corrected chi connectivity index (χ0v) is 12.6. The standard InChI is InChI=1S/C17H20O4/c1-4-16(18)21-14-11-15(19-5-2)17(20-6-3)13-10-8-7-9-12(13)14/h7-11H,4-6H2,1-3H3. The molecule has 2 aromatic carbocycles. The second-order valence-electron chi connectivity index (χ2n) is 4.44. The first-order valence-electron chi connectivity index (χ1n) is 7.23. The molecule has 0 bridgehead atoms. The summed E-state index contributed by atoms with van der Waals surface area (Å²) in [5, 5.41) is 1.72. The number of carbonyl (C=O) groups excluding carboxylic acids is 1. The van der Waals surface area contributed by atoms with Crippen LogP contribution in [0.25, 0.3) is 10.8 Å². The van der Waals surface area contributed by atoms with E-state index in [1.165, 1.54) is 0 Å². The van der Waals surface area contributed by atoms with Gasteiger partial charge in [0.15, 0.2) is 11.5 Å². The summed E-state index contributed by atoms with van der Waals surface area (Å²) in [4.78, 5) is 11.6. The monoisotopic (exact) mass is 288 g/mol. The van der Waals surface area contributed by atoms with E-state index in [1.54, 1.807) is 13.0 Å². The van der Waals surface area contributed by atoms with E-state index in [-0.39, 0.29) is 5.97 Å². The van der Waals surface area contributed by atoms with E-state index in [4.69, 9.17) is 14.2 Å². The lowest BCUT2D eigenvalue weighted by Gasteiger charge is -2.16. The average molecular weight is 288 g/mol. The Morgan fingerprint density at radius 1 is 0.952 bits per heavy atom. The second-order valence-corrected chi connectivity index (χ2v) is 4.44. The summed E-state index contributed by atoms with van der Waals surface area (Å²) >= 11 is 0. The summed E-state index contributed by atoms with van der Waals surface area (Å²) < 4.78 is 16.8. The van der Waals surface area contributed by atoms with Crippen molar-refractivity contribution in [3.05, 3.63) is 30.3 Å². The maximum absolute atomic E-state index is 11.6. The van der Waals surface area contributed by atoms with Gasteiger partial charge in [0, 0.05) is 23.3 Å². The van der Waals surface area contributed by atoms with E-state index in [0.29, 0.717) is 36.9 Å². The fraction of sp³-hybridized carbons (Fsp3) is 0.353. The quantitative estimate of drug-likeness (QED) is 0.596. The van der Waals surface area contributed by atoms with Crippen LogP contribution in [-0.4, -0.2) is 19.2 Å². The largest absolute Gasteiger partial charge is 0.490 e. The van der Waals surface area contributed by atoms with Gasteiger partial charge in [-0.05, 0) is 13.8 Å². The first-order valence-corrected chi connectivity index (χ1v) is 7.23. The predicted octanol–water partition coefficient (Wildman–Crippen LogP) is 3.95. The van der Waals surface area contributed by atoms with E-state index in [9.17, 15) is 4.79 Å². The van der Waals surface area contributed by atoms with Gasteiger partial charge in [0.1, 0.15) is 5.75 Å². The lowest BCUT2D eigenvalue weighted by molar-refractivity contribution is -0.133. The molecule has 0 radical (unpaired) electrons. The minimum absolute atomic E-state index is 0.272. The Morgan fingerprint density at radius 2 is 1.62 bits per heavy atom. The molecule has 0 aromatic heterocycles. The number of fused-ring (bicyclic) bond motifs is 1. The molecule has 4 heteroatoms. The first-order chi connectivity index (χ1) is 10.2. The van der Waals surface area contributed by atoms with Crippen molar-refractivity contribution in [2.24, 2.45) is 0 Å². The van der Waals surface area contributed by atoms with Gasteiger partial charge in [-0.3, -0.25) is 4.79 Å². The molecule has 4 nitrogen and oxygen atoms in total. The topological polar surface area (TPSA) is 44.8 Å². The van der Waals surface area contributed by atoms with Crippen LogP contribution >= 0.6 is 0 Å². The van der Waals surface area contributed by atoms with E-state index >= 15 is 0 Å². The second kappa shape index (κ2) is 6.97. The van der Waals surface area contributed by atoms with Crippen molar-refractivity contribution in [1.82, 2.24) is 0 Å². The minimum atomic E-state index is -0.272. The molecule has 112 valence electrons. The SMILES string of the molecule is CCOc1cc(OC(=O)CC)c2ccccc2c1OCC. The third-order valence-corrected chi connectivity index (χ3v) is 3.02. The van der Waals surface area contributed by atoms with Gasteiger partial charge in [-0.15, -0.1) is 0 Å². The molecule has 2 rings (SSSR count).